The molecule has 0 radical (unpaired) electrons. The first kappa shape index (κ1) is 13.9. The molecule has 90 valence electrons. The van der Waals surface area contributed by atoms with Gasteiger partial charge in [-0.1, -0.05) is 18.2 Å². The lowest BCUT2D eigenvalue weighted by atomic mass is 10.1. The molecule has 0 saturated carbocycles. The molecule has 0 bridgehead atoms. The summed E-state index contributed by atoms with van der Waals surface area (Å²) in [4.78, 5) is 10.6. The Balaban J connectivity index is 0.00000144. The van der Waals surface area contributed by atoms with Crippen LogP contribution in [0.5, 0.6) is 0 Å². The van der Waals surface area contributed by atoms with Crippen molar-refractivity contribution in [3.63, 3.8) is 0 Å². The number of carboxylic acids is 1. The number of aliphatic carboxylic acids is 1. The predicted molar refractivity (Wildman–Crippen MR) is 61.1 cm³/mol. The van der Waals surface area contributed by atoms with E-state index in [9.17, 15) is 4.79 Å². The van der Waals surface area contributed by atoms with Crippen LogP contribution in [0.25, 0.3) is 10.8 Å². The maximum absolute atomic E-state index is 10.6. The summed E-state index contributed by atoms with van der Waals surface area (Å²) in [5, 5.41) is 11.0. The minimum atomic E-state index is -0.757. The van der Waals surface area contributed by atoms with E-state index in [0.717, 1.165) is 16.5 Å². The average Bonchev–Trinajstić information content (AvgIpc) is 2.27. The molecule has 1 aromatic heterocycles. The molecule has 1 N–H and O–H groups in total. The molecule has 2 rings (SSSR count). The van der Waals surface area contributed by atoms with Crippen LogP contribution >= 0.6 is 0 Å². The fourth-order valence-corrected chi connectivity index (χ4v) is 1.91. The molecule has 0 saturated heterocycles. The molecule has 4 heteroatoms. The van der Waals surface area contributed by atoms with E-state index in [1.165, 1.54) is 0 Å². The summed E-state index contributed by atoms with van der Waals surface area (Å²) >= 11 is 0. The number of aryl methyl sites for hydroxylation is 2. The van der Waals surface area contributed by atoms with E-state index in [4.69, 9.17) is 5.11 Å². The van der Waals surface area contributed by atoms with Crippen LogP contribution in [0.15, 0.2) is 36.5 Å². The standard InChI is InChI=1S/C13H13NO2.HI/c1-14-9-8-10-4-2-3-5-11(10)12(14)6-7-13(15)16;/h2-5,8-9H,6-7H2,1H3;1H. The fourth-order valence-electron chi connectivity index (χ4n) is 1.91. The van der Waals surface area contributed by atoms with Gasteiger partial charge in [0.2, 0.25) is 0 Å². The van der Waals surface area contributed by atoms with Gasteiger partial charge in [0.05, 0.1) is 6.42 Å². The Kier molecular flexibility index (Phi) is 4.86. The molecule has 0 aliphatic heterocycles. The second-order valence-corrected chi connectivity index (χ2v) is 3.85. The van der Waals surface area contributed by atoms with Crippen molar-refractivity contribution >= 4 is 16.7 Å². The van der Waals surface area contributed by atoms with Crippen LogP contribution in [0.1, 0.15) is 12.1 Å². The first-order chi connectivity index (χ1) is 7.68. The van der Waals surface area contributed by atoms with E-state index in [0.29, 0.717) is 6.42 Å². The zero-order chi connectivity index (χ0) is 11.5. The number of rotatable bonds is 3. The molecule has 0 fully saturated rings. The summed E-state index contributed by atoms with van der Waals surface area (Å²) in [6.45, 7) is 0. The molecular formula is C13H14INO2. The number of hydrogen-bond acceptors (Lipinski definition) is 1. The predicted octanol–water partition coefficient (Wildman–Crippen LogP) is -1.31. The van der Waals surface area contributed by atoms with Gasteiger partial charge in [0, 0.05) is 17.9 Å². The fraction of sp³-hybridized carbons (Fsp3) is 0.231. The van der Waals surface area contributed by atoms with Crippen molar-refractivity contribution in [2.24, 2.45) is 7.05 Å². The zero-order valence-electron chi connectivity index (χ0n) is 9.56. The molecule has 17 heavy (non-hydrogen) atoms. The van der Waals surface area contributed by atoms with Crippen molar-refractivity contribution in [3.05, 3.63) is 42.2 Å². The highest BCUT2D eigenvalue weighted by Gasteiger charge is 2.12. The lowest BCUT2D eigenvalue weighted by Crippen LogP contribution is -3.00. The van der Waals surface area contributed by atoms with Crippen molar-refractivity contribution in [2.45, 2.75) is 12.8 Å². The van der Waals surface area contributed by atoms with Gasteiger partial charge in [-0.05, 0) is 11.5 Å². The van der Waals surface area contributed by atoms with E-state index in [1.807, 2.05) is 48.1 Å². The zero-order valence-corrected chi connectivity index (χ0v) is 11.7. The lowest BCUT2D eigenvalue weighted by molar-refractivity contribution is -0.677. The van der Waals surface area contributed by atoms with Crippen LogP contribution in [0.3, 0.4) is 0 Å². The summed E-state index contributed by atoms with van der Waals surface area (Å²) in [5.74, 6) is -0.757. The number of hydrogen-bond donors (Lipinski definition) is 1. The third kappa shape index (κ3) is 3.15. The molecule has 0 unspecified atom stereocenters. The quantitative estimate of drug-likeness (QED) is 0.555. The summed E-state index contributed by atoms with van der Waals surface area (Å²) in [6.07, 6.45) is 2.70. The monoisotopic (exact) mass is 343 g/mol. The van der Waals surface area contributed by atoms with Crippen molar-refractivity contribution < 1.29 is 38.4 Å². The normalized spacial score (nSPS) is 9.94. The Morgan fingerprint density at radius 2 is 2.00 bits per heavy atom. The number of pyridine rings is 1. The smallest absolute Gasteiger partial charge is 0.303 e. The second-order valence-electron chi connectivity index (χ2n) is 3.85. The SMILES string of the molecule is C[n+]1ccc2ccccc2c1CCC(=O)O.[I-]. The van der Waals surface area contributed by atoms with Gasteiger partial charge in [-0.15, -0.1) is 0 Å². The minimum Gasteiger partial charge on any atom is -1.00 e. The molecule has 0 aliphatic rings. The maximum atomic E-state index is 10.6. The molecule has 1 heterocycles. The molecule has 0 spiro atoms. The van der Waals surface area contributed by atoms with Gasteiger partial charge in [-0.3, -0.25) is 4.79 Å². The van der Waals surface area contributed by atoms with Crippen molar-refractivity contribution in [3.8, 4) is 0 Å². The number of carbonyl (C=O) groups is 1. The van der Waals surface area contributed by atoms with Crippen LogP contribution in [-0.2, 0) is 18.3 Å². The number of benzene rings is 1. The van der Waals surface area contributed by atoms with Gasteiger partial charge in [0.1, 0.15) is 7.05 Å². The molecule has 0 atom stereocenters. The van der Waals surface area contributed by atoms with Gasteiger partial charge in [0.25, 0.3) is 0 Å². The van der Waals surface area contributed by atoms with Gasteiger partial charge < -0.3 is 29.1 Å². The van der Waals surface area contributed by atoms with E-state index in [1.54, 1.807) is 0 Å². The number of aromatic nitrogens is 1. The van der Waals surface area contributed by atoms with Crippen LogP contribution in [-0.4, -0.2) is 11.1 Å². The van der Waals surface area contributed by atoms with E-state index in [-0.39, 0.29) is 30.4 Å². The highest BCUT2D eigenvalue weighted by atomic mass is 127. The first-order valence-electron chi connectivity index (χ1n) is 5.26. The Morgan fingerprint density at radius 3 is 2.71 bits per heavy atom. The van der Waals surface area contributed by atoms with Gasteiger partial charge >= 0.3 is 5.97 Å². The number of halogens is 1. The summed E-state index contributed by atoms with van der Waals surface area (Å²) in [7, 11) is 1.95. The largest absolute Gasteiger partial charge is 1.00 e. The first-order valence-corrected chi connectivity index (χ1v) is 5.26. The Morgan fingerprint density at radius 1 is 1.29 bits per heavy atom. The minimum absolute atomic E-state index is 0. The van der Waals surface area contributed by atoms with Crippen LogP contribution in [0, 0.1) is 0 Å². The van der Waals surface area contributed by atoms with Crippen LogP contribution < -0.4 is 28.5 Å². The summed E-state index contributed by atoms with van der Waals surface area (Å²) in [6, 6.07) is 10.1. The second kappa shape index (κ2) is 5.95. The highest BCUT2D eigenvalue weighted by Crippen LogP contribution is 2.16. The number of nitrogens with zero attached hydrogens (tertiary/aromatic N) is 1. The molecule has 1 aromatic carbocycles. The van der Waals surface area contributed by atoms with Crippen molar-refractivity contribution in [2.75, 3.05) is 0 Å². The Hall–Kier alpha value is -1.17. The lowest BCUT2D eigenvalue weighted by Gasteiger charge is -2.03. The Labute approximate surface area is 117 Å². The molecule has 0 aliphatic carbocycles. The van der Waals surface area contributed by atoms with Gasteiger partial charge in [-0.2, -0.15) is 0 Å². The molecule has 2 aromatic rings. The molecule has 3 nitrogen and oxygen atoms in total. The third-order valence-corrected chi connectivity index (χ3v) is 2.75. The van der Waals surface area contributed by atoms with Crippen molar-refractivity contribution in [1.82, 2.24) is 0 Å². The number of carboxylic acid groups (broad SMARTS) is 1. The molecular weight excluding hydrogens is 329 g/mol. The Bertz CT molecular complexity index is 540. The van der Waals surface area contributed by atoms with E-state index >= 15 is 0 Å². The van der Waals surface area contributed by atoms with Crippen LogP contribution in [0.2, 0.25) is 0 Å². The van der Waals surface area contributed by atoms with E-state index < -0.39 is 5.97 Å². The van der Waals surface area contributed by atoms with Crippen LogP contribution in [0.4, 0.5) is 0 Å². The number of fused-ring (bicyclic) bond motifs is 1. The van der Waals surface area contributed by atoms with Gasteiger partial charge in [-0.25, -0.2) is 4.57 Å². The highest BCUT2D eigenvalue weighted by molar-refractivity contribution is 5.83. The van der Waals surface area contributed by atoms with Gasteiger partial charge in [0.15, 0.2) is 11.9 Å². The third-order valence-electron chi connectivity index (χ3n) is 2.75. The summed E-state index contributed by atoms with van der Waals surface area (Å²) in [5.41, 5.74) is 1.07. The van der Waals surface area contributed by atoms with Crippen molar-refractivity contribution in [1.29, 1.82) is 0 Å². The summed E-state index contributed by atoms with van der Waals surface area (Å²) < 4.78 is 1.99. The topological polar surface area (TPSA) is 41.2 Å². The maximum Gasteiger partial charge on any atom is 0.303 e. The van der Waals surface area contributed by atoms with E-state index in [2.05, 4.69) is 0 Å². The molecule has 0 amide bonds. The average molecular weight is 343 g/mol.